The van der Waals surface area contributed by atoms with Crippen LogP contribution in [0.2, 0.25) is 0 Å². The Kier molecular flexibility index (Phi) is 7.08. The second kappa shape index (κ2) is 10.6. The van der Waals surface area contributed by atoms with Gasteiger partial charge >= 0.3 is 6.09 Å². The first-order valence-corrected chi connectivity index (χ1v) is 14.9. The van der Waals surface area contributed by atoms with Gasteiger partial charge in [0.1, 0.15) is 22.0 Å². The molecule has 1 saturated heterocycles. The summed E-state index contributed by atoms with van der Waals surface area (Å²) in [6.45, 7) is 10.1. The molecule has 4 aromatic rings. The average molecular weight is 592 g/mol. The van der Waals surface area contributed by atoms with Crippen molar-refractivity contribution in [2.75, 3.05) is 50.1 Å². The highest BCUT2D eigenvalue weighted by Crippen LogP contribution is 2.42. The predicted octanol–water partition coefficient (Wildman–Crippen LogP) is 5.87. The highest BCUT2D eigenvalue weighted by atomic mass is 32.1. The summed E-state index contributed by atoms with van der Waals surface area (Å²) in [5.74, 6) is 0.0360. The van der Waals surface area contributed by atoms with E-state index in [0.29, 0.717) is 65.8 Å². The van der Waals surface area contributed by atoms with Gasteiger partial charge in [0.15, 0.2) is 0 Å². The van der Waals surface area contributed by atoms with Gasteiger partial charge in [0.2, 0.25) is 0 Å². The number of nitrogens with one attached hydrogen (secondary N) is 2. The van der Waals surface area contributed by atoms with Crippen LogP contribution in [-0.2, 0) is 4.74 Å². The van der Waals surface area contributed by atoms with E-state index < -0.39 is 11.4 Å². The van der Waals surface area contributed by atoms with Gasteiger partial charge in [-0.05, 0) is 58.0 Å². The number of carbonyl (C=O) groups excluding carboxylic acids is 2. The fourth-order valence-electron chi connectivity index (χ4n) is 5.48. The molecule has 2 N–H and O–H groups in total. The first-order chi connectivity index (χ1) is 20.0. The molecule has 220 valence electrons. The van der Waals surface area contributed by atoms with E-state index >= 15 is 4.39 Å². The Hall–Kier alpha value is -4.12. The Bertz CT molecular complexity index is 1710. The van der Waals surface area contributed by atoms with Crippen molar-refractivity contribution < 1.29 is 23.5 Å². The predicted molar refractivity (Wildman–Crippen MR) is 165 cm³/mol. The highest BCUT2D eigenvalue weighted by molar-refractivity contribution is 7.21. The molecule has 2 aliphatic heterocycles. The van der Waals surface area contributed by atoms with Gasteiger partial charge in [-0.1, -0.05) is 0 Å². The van der Waals surface area contributed by atoms with Gasteiger partial charge in [-0.2, -0.15) is 0 Å². The second-order valence-electron chi connectivity index (χ2n) is 11.7. The number of carbonyl (C=O) groups is 2. The summed E-state index contributed by atoms with van der Waals surface area (Å²) >= 11 is 1.45. The summed E-state index contributed by atoms with van der Waals surface area (Å²) < 4.78 is 27.9. The van der Waals surface area contributed by atoms with Gasteiger partial charge in [-0.3, -0.25) is 4.79 Å². The van der Waals surface area contributed by atoms with Crippen LogP contribution in [0.25, 0.3) is 32.2 Å². The molecule has 4 heterocycles. The molecule has 42 heavy (non-hydrogen) atoms. The van der Waals surface area contributed by atoms with Crippen LogP contribution in [0.15, 0.2) is 36.4 Å². The first-order valence-electron chi connectivity index (χ1n) is 14.0. The molecule has 1 atom stereocenters. The smallest absolute Gasteiger partial charge is 0.410 e. The van der Waals surface area contributed by atoms with Gasteiger partial charge in [-0.25, -0.2) is 14.2 Å². The second-order valence-corrected chi connectivity index (χ2v) is 12.8. The number of anilines is 2. The molecule has 2 amide bonds. The van der Waals surface area contributed by atoms with Gasteiger partial charge in [0, 0.05) is 65.9 Å². The number of halogens is 1. The molecule has 0 saturated carbocycles. The van der Waals surface area contributed by atoms with Crippen LogP contribution in [-0.4, -0.2) is 73.4 Å². The topological polar surface area (TPSA) is 96.0 Å². The highest BCUT2D eigenvalue weighted by Gasteiger charge is 2.28. The maximum absolute atomic E-state index is 15.7. The molecule has 6 rings (SSSR count). The third-order valence-electron chi connectivity index (χ3n) is 7.51. The van der Waals surface area contributed by atoms with Gasteiger partial charge in [0.25, 0.3) is 5.91 Å². The monoisotopic (exact) mass is 591 g/mol. The third-order valence-corrected chi connectivity index (χ3v) is 8.66. The Morgan fingerprint density at radius 1 is 1.12 bits per heavy atom. The van der Waals surface area contributed by atoms with Crippen LogP contribution in [0.1, 0.15) is 37.4 Å². The van der Waals surface area contributed by atoms with Crippen molar-refractivity contribution in [1.82, 2.24) is 15.2 Å². The minimum Gasteiger partial charge on any atom is -0.495 e. The molecule has 1 fully saturated rings. The van der Waals surface area contributed by atoms with Crippen molar-refractivity contribution >= 4 is 55.7 Å². The number of piperazine rings is 1. The standard InChI is InChI=1S/C31H34FN5O4S/c1-17-16-33-27-26-18-6-7-22(35-21(18)8-9-25(26)42-28(27)29(38)34-17)19-14-24(40-5)23(15-20(19)32)36-10-12-37(13-11-36)30(39)41-31(2,3)4/h6-9,14-15,17,33H,10-13,16H2,1-5H3,(H,34,38)/t17-/m1/s1. The van der Waals surface area contributed by atoms with E-state index in [1.807, 2.05) is 56.9 Å². The number of rotatable bonds is 3. The Labute approximate surface area is 247 Å². The van der Waals surface area contributed by atoms with Crippen molar-refractivity contribution in [2.45, 2.75) is 39.3 Å². The summed E-state index contributed by atoms with van der Waals surface area (Å²) in [7, 11) is 1.56. The molecular formula is C31H34FN5O4S. The lowest BCUT2D eigenvalue weighted by atomic mass is 10.0. The maximum atomic E-state index is 15.7. The number of fused-ring (bicyclic) bond motifs is 5. The normalized spacial score (nSPS) is 17.5. The number of pyridine rings is 1. The molecular weight excluding hydrogens is 557 g/mol. The molecule has 2 aliphatic rings. The summed E-state index contributed by atoms with van der Waals surface area (Å²) in [6.07, 6.45) is -0.345. The van der Waals surface area contributed by atoms with Gasteiger partial charge in [0.05, 0.1) is 29.7 Å². The van der Waals surface area contributed by atoms with Crippen LogP contribution in [0.3, 0.4) is 0 Å². The van der Waals surface area contributed by atoms with E-state index in [9.17, 15) is 9.59 Å². The van der Waals surface area contributed by atoms with E-state index in [2.05, 4.69) is 10.6 Å². The number of benzene rings is 2. The number of ether oxygens (including phenoxy) is 2. The van der Waals surface area contributed by atoms with Crippen LogP contribution in [0, 0.1) is 5.82 Å². The first kappa shape index (κ1) is 28.0. The lowest BCUT2D eigenvalue weighted by Crippen LogP contribution is -2.50. The van der Waals surface area contributed by atoms with Crippen molar-refractivity contribution in [1.29, 1.82) is 0 Å². The fraction of sp³-hybridized carbons (Fsp3) is 0.387. The molecule has 0 unspecified atom stereocenters. The SMILES string of the molecule is COc1cc(-c2ccc3c(ccc4sc5c(c43)NC[C@@H](C)NC5=O)n2)c(F)cc1N1CCN(C(=O)OC(C)(C)C)CC1. The summed E-state index contributed by atoms with van der Waals surface area (Å²) in [6, 6.07) is 10.8. The number of hydrogen-bond acceptors (Lipinski definition) is 8. The molecule has 9 nitrogen and oxygen atoms in total. The number of methoxy groups -OCH3 is 1. The largest absolute Gasteiger partial charge is 0.495 e. The molecule has 2 aromatic carbocycles. The molecule has 0 radical (unpaired) electrons. The Balaban J connectivity index is 1.30. The van der Waals surface area contributed by atoms with Crippen molar-refractivity contribution in [3.8, 4) is 17.0 Å². The van der Waals surface area contributed by atoms with E-state index in [1.165, 1.54) is 17.4 Å². The zero-order valence-electron chi connectivity index (χ0n) is 24.3. The number of thiophene rings is 1. The number of hydrogen-bond donors (Lipinski definition) is 2. The van der Waals surface area contributed by atoms with Crippen molar-refractivity contribution in [3.63, 3.8) is 0 Å². The number of nitrogens with zero attached hydrogens (tertiary/aromatic N) is 3. The molecule has 0 bridgehead atoms. The molecule has 2 aromatic heterocycles. The fourth-order valence-corrected chi connectivity index (χ4v) is 6.58. The van der Waals surface area contributed by atoms with Gasteiger partial charge in [-0.15, -0.1) is 11.3 Å². The number of amides is 2. The van der Waals surface area contributed by atoms with Crippen LogP contribution >= 0.6 is 11.3 Å². The molecule has 0 spiro atoms. The average Bonchev–Trinajstić information content (AvgIpc) is 3.27. The maximum Gasteiger partial charge on any atom is 0.410 e. The van der Waals surface area contributed by atoms with E-state index in [1.54, 1.807) is 18.1 Å². The zero-order chi connectivity index (χ0) is 29.8. The Morgan fingerprint density at radius 3 is 2.60 bits per heavy atom. The van der Waals surface area contributed by atoms with Crippen LogP contribution in [0.4, 0.5) is 20.6 Å². The lowest BCUT2D eigenvalue weighted by molar-refractivity contribution is 0.0240. The van der Waals surface area contributed by atoms with E-state index in [0.717, 1.165) is 21.2 Å². The van der Waals surface area contributed by atoms with Gasteiger partial charge < -0.3 is 29.9 Å². The molecule has 0 aliphatic carbocycles. The van der Waals surface area contributed by atoms with Crippen LogP contribution < -0.4 is 20.3 Å². The summed E-state index contributed by atoms with van der Waals surface area (Å²) in [5, 5.41) is 8.30. The zero-order valence-corrected chi connectivity index (χ0v) is 25.2. The summed E-state index contributed by atoms with van der Waals surface area (Å²) in [4.78, 5) is 34.4. The number of aromatic nitrogens is 1. The van der Waals surface area contributed by atoms with E-state index in [4.69, 9.17) is 14.5 Å². The Morgan fingerprint density at radius 2 is 1.88 bits per heavy atom. The quantitative estimate of drug-likeness (QED) is 0.308. The lowest BCUT2D eigenvalue weighted by Gasteiger charge is -2.37. The minimum atomic E-state index is -0.562. The third kappa shape index (κ3) is 5.17. The van der Waals surface area contributed by atoms with E-state index in [-0.39, 0.29) is 18.0 Å². The van der Waals surface area contributed by atoms with Crippen molar-refractivity contribution in [2.24, 2.45) is 0 Å². The van der Waals surface area contributed by atoms with Crippen molar-refractivity contribution in [3.05, 3.63) is 47.1 Å². The minimum absolute atomic E-state index is 0.0154. The molecule has 11 heteroatoms. The van der Waals surface area contributed by atoms with Crippen LogP contribution in [0.5, 0.6) is 5.75 Å². The summed E-state index contributed by atoms with van der Waals surface area (Å²) in [5.41, 5.74) is 2.42.